The van der Waals surface area contributed by atoms with Crippen molar-refractivity contribution in [3.05, 3.63) is 11.6 Å². The molecule has 162 valence electrons. The van der Waals surface area contributed by atoms with Crippen molar-refractivity contribution >= 4 is 17.3 Å². The minimum absolute atomic E-state index is 0.00806. The first-order valence-electron chi connectivity index (χ1n) is 10.9. The molecule has 0 heterocycles. The van der Waals surface area contributed by atoms with Gasteiger partial charge in [0.2, 0.25) is 0 Å². The van der Waals surface area contributed by atoms with E-state index in [2.05, 4.69) is 27.7 Å². The molecule has 0 saturated heterocycles. The maximum Gasteiger partial charge on any atom is 0.155 e. The van der Waals surface area contributed by atoms with Crippen LogP contribution in [0.1, 0.15) is 89.0 Å². The molecule has 28 heavy (non-hydrogen) atoms. The van der Waals surface area contributed by atoms with Crippen LogP contribution >= 0.6 is 0 Å². The first-order chi connectivity index (χ1) is 12.6. The summed E-state index contributed by atoms with van der Waals surface area (Å²) in [5, 5.41) is 0. The number of carbonyl (C=O) groups is 3. The third-order valence-electron chi connectivity index (χ3n) is 6.25. The van der Waals surface area contributed by atoms with E-state index in [9.17, 15) is 14.4 Å². The summed E-state index contributed by atoms with van der Waals surface area (Å²) in [5.74, 6) is 0.368. The van der Waals surface area contributed by atoms with Crippen LogP contribution in [-0.2, 0) is 14.4 Å². The van der Waals surface area contributed by atoms with Crippen molar-refractivity contribution in [1.82, 2.24) is 0 Å². The molecule has 0 spiro atoms. The van der Waals surface area contributed by atoms with Gasteiger partial charge in [0, 0.05) is 24.2 Å². The summed E-state index contributed by atoms with van der Waals surface area (Å²) in [6.45, 7) is 21.8. The van der Waals surface area contributed by atoms with Gasteiger partial charge in [-0.25, -0.2) is 0 Å². The Hall–Kier alpha value is -1.25. The molecule has 0 aromatic rings. The van der Waals surface area contributed by atoms with Crippen molar-refractivity contribution in [2.24, 2.45) is 40.9 Å². The van der Waals surface area contributed by atoms with Gasteiger partial charge in [0.1, 0.15) is 11.6 Å². The van der Waals surface area contributed by atoms with Gasteiger partial charge in [0.15, 0.2) is 5.78 Å². The number of rotatable bonds is 11. The minimum atomic E-state index is -0.310. The zero-order chi connectivity index (χ0) is 22.4. The Balaban J connectivity index is 5.80. The second-order valence-corrected chi connectivity index (χ2v) is 10.3. The fourth-order valence-corrected chi connectivity index (χ4v) is 4.08. The van der Waals surface area contributed by atoms with Gasteiger partial charge in [-0.15, -0.1) is 0 Å². The molecule has 3 nitrogen and oxygen atoms in total. The Bertz CT molecular complexity index is 575. The number of carbonyl (C=O) groups excluding carboxylic acids is 3. The van der Waals surface area contributed by atoms with E-state index in [-0.39, 0.29) is 58.3 Å². The van der Waals surface area contributed by atoms with E-state index < -0.39 is 0 Å². The fourth-order valence-electron chi connectivity index (χ4n) is 4.08. The van der Waals surface area contributed by atoms with Crippen LogP contribution in [0.25, 0.3) is 0 Å². The van der Waals surface area contributed by atoms with Gasteiger partial charge in [-0.3, -0.25) is 14.4 Å². The summed E-state index contributed by atoms with van der Waals surface area (Å²) < 4.78 is 0. The van der Waals surface area contributed by atoms with Gasteiger partial charge in [-0.1, -0.05) is 68.4 Å². The summed E-state index contributed by atoms with van der Waals surface area (Å²) >= 11 is 0. The van der Waals surface area contributed by atoms with Gasteiger partial charge in [0.25, 0.3) is 0 Å². The normalized spacial score (nSPS) is 17.4. The third-order valence-corrected chi connectivity index (χ3v) is 6.25. The van der Waals surface area contributed by atoms with Gasteiger partial charge < -0.3 is 0 Å². The van der Waals surface area contributed by atoms with Crippen LogP contribution in [0.2, 0.25) is 0 Å². The second-order valence-electron chi connectivity index (χ2n) is 10.3. The first-order valence-corrected chi connectivity index (χ1v) is 10.9. The molecule has 0 aliphatic heterocycles. The van der Waals surface area contributed by atoms with Crippen molar-refractivity contribution in [3.8, 4) is 0 Å². The number of Topliss-reactive ketones (excluding diaryl/α,β-unsaturated/α-hetero) is 3. The number of allylic oxidation sites excluding steroid dienone is 2. The van der Waals surface area contributed by atoms with Gasteiger partial charge in [0.05, 0.1) is 0 Å². The van der Waals surface area contributed by atoms with E-state index in [1.165, 1.54) is 0 Å². The lowest BCUT2D eigenvalue weighted by Crippen LogP contribution is -2.38. The van der Waals surface area contributed by atoms with E-state index in [1.807, 2.05) is 47.6 Å². The molecule has 0 aliphatic carbocycles. The Labute approximate surface area is 173 Å². The molecule has 0 amide bonds. The topological polar surface area (TPSA) is 51.2 Å². The standard InChI is InChI=1S/C25H44O3/c1-12-20(15(2)3)23(27)14-22(25(9,10)11)24(28)18(7)21(16(4)5)13-17(6)19(8)26/h13,15-16,18,20-22H,12,14H2,1-11H3/b17-13+. The molecule has 0 fully saturated rings. The summed E-state index contributed by atoms with van der Waals surface area (Å²) in [6, 6.07) is 0. The molecule has 0 aliphatic rings. The van der Waals surface area contributed by atoms with Crippen LogP contribution in [0.5, 0.6) is 0 Å². The molecule has 4 unspecified atom stereocenters. The Morgan fingerprint density at radius 3 is 1.71 bits per heavy atom. The molecule has 0 rings (SSSR count). The molecule has 0 saturated carbocycles. The highest BCUT2D eigenvalue weighted by Crippen LogP contribution is 2.37. The van der Waals surface area contributed by atoms with Crippen molar-refractivity contribution in [2.45, 2.75) is 89.0 Å². The van der Waals surface area contributed by atoms with Crippen LogP contribution in [0.15, 0.2) is 11.6 Å². The molecule has 0 N–H and O–H groups in total. The van der Waals surface area contributed by atoms with E-state index in [4.69, 9.17) is 0 Å². The van der Waals surface area contributed by atoms with Crippen molar-refractivity contribution < 1.29 is 14.4 Å². The molecule has 0 aromatic carbocycles. The van der Waals surface area contributed by atoms with Crippen molar-refractivity contribution in [3.63, 3.8) is 0 Å². The highest BCUT2D eigenvalue weighted by Gasteiger charge is 2.39. The molecule has 0 radical (unpaired) electrons. The van der Waals surface area contributed by atoms with Crippen LogP contribution in [0.3, 0.4) is 0 Å². The van der Waals surface area contributed by atoms with Gasteiger partial charge in [-0.2, -0.15) is 0 Å². The van der Waals surface area contributed by atoms with Crippen molar-refractivity contribution in [1.29, 1.82) is 0 Å². The Morgan fingerprint density at radius 1 is 0.893 bits per heavy atom. The number of ketones is 3. The van der Waals surface area contributed by atoms with Gasteiger partial charge >= 0.3 is 0 Å². The smallest absolute Gasteiger partial charge is 0.155 e. The summed E-state index contributed by atoms with van der Waals surface area (Å²) in [6.07, 6.45) is 3.08. The Morgan fingerprint density at radius 2 is 1.39 bits per heavy atom. The average Bonchev–Trinajstić information content (AvgIpc) is 2.54. The van der Waals surface area contributed by atoms with Crippen LogP contribution in [-0.4, -0.2) is 17.3 Å². The highest BCUT2D eigenvalue weighted by molar-refractivity contribution is 5.93. The molecule has 4 atom stereocenters. The molecule has 0 aromatic heterocycles. The molecule has 3 heteroatoms. The predicted molar refractivity (Wildman–Crippen MR) is 118 cm³/mol. The van der Waals surface area contributed by atoms with Gasteiger partial charge in [-0.05, 0) is 49.0 Å². The zero-order valence-corrected chi connectivity index (χ0v) is 20.2. The zero-order valence-electron chi connectivity index (χ0n) is 20.2. The SMILES string of the molecule is CCC(C(=O)CC(C(=O)C(C)C(/C=C(\C)C(C)=O)C(C)C)C(C)(C)C)C(C)C. The number of hydrogen-bond donors (Lipinski definition) is 0. The fraction of sp³-hybridized carbons (Fsp3) is 0.800. The monoisotopic (exact) mass is 392 g/mol. The van der Waals surface area contributed by atoms with Crippen LogP contribution in [0, 0.1) is 40.9 Å². The van der Waals surface area contributed by atoms with E-state index >= 15 is 0 Å². The summed E-state index contributed by atoms with van der Waals surface area (Å²) in [5.41, 5.74) is 0.421. The molecular formula is C25H44O3. The van der Waals surface area contributed by atoms with E-state index in [0.29, 0.717) is 12.0 Å². The lowest BCUT2D eigenvalue weighted by Gasteiger charge is -2.35. The number of hydrogen-bond acceptors (Lipinski definition) is 3. The summed E-state index contributed by atoms with van der Waals surface area (Å²) in [4.78, 5) is 38.2. The predicted octanol–water partition coefficient (Wildman–Crippen LogP) is 6.30. The molecular weight excluding hydrogens is 348 g/mol. The maximum atomic E-state index is 13.5. The highest BCUT2D eigenvalue weighted by atomic mass is 16.1. The Kier molecular flexibility index (Phi) is 10.6. The quantitative estimate of drug-likeness (QED) is 0.387. The maximum absolute atomic E-state index is 13.5. The lowest BCUT2D eigenvalue weighted by molar-refractivity contribution is -0.137. The largest absolute Gasteiger partial charge is 0.299 e. The van der Waals surface area contributed by atoms with E-state index in [1.54, 1.807) is 6.92 Å². The lowest BCUT2D eigenvalue weighted by atomic mass is 9.67. The van der Waals surface area contributed by atoms with E-state index in [0.717, 1.165) is 6.42 Å². The summed E-state index contributed by atoms with van der Waals surface area (Å²) in [7, 11) is 0. The first kappa shape index (κ1) is 26.8. The average molecular weight is 393 g/mol. The van der Waals surface area contributed by atoms with Crippen molar-refractivity contribution in [2.75, 3.05) is 0 Å². The minimum Gasteiger partial charge on any atom is -0.299 e. The molecule has 0 bridgehead atoms. The van der Waals surface area contributed by atoms with Crippen LogP contribution < -0.4 is 0 Å². The van der Waals surface area contributed by atoms with Crippen LogP contribution in [0.4, 0.5) is 0 Å². The second kappa shape index (κ2) is 11.1. The third kappa shape index (κ3) is 7.64.